The number of amides is 1. The number of methoxy groups -OCH3 is 2. The molecule has 0 bridgehead atoms. The quantitative estimate of drug-likeness (QED) is 0.176. The van der Waals surface area contributed by atoms with Gasteiger partial charge in [-0.25, -0.2) is 0 Å². The first-order valence-corrected chi connectivity index (χ1v) is 12.3. The average molecular weight is 526 g/mol. The predicted molar refractivity (Wildman–Crippen MR) is 145 cm³/mol. The third-order valence-corrected chi connectivity index (χ3v) is 6.56. The van der Waals surface area contributed by atoms with Crippen LogP contribution in [-0.2, 0) is 16.2 Å². The van der Waals surface area contributed by atoms with Gasteiger partial charge in [-0.15, -0.1) is 0 Å². The van der Waals surface area contributed by atoms with E-state index in [2.05, 4.69) is 0 Å². The Morgan fingerprint density at radius 1 is 0.923 bits per heavy atom. The topological polar surface area (TPSA) is 98.4 Å². The van der Waals surface area contributed by atoms with Crippen LogP contribution in [0.5, 0.6) is 17.2 Å². The maximum atomic E-state index is 13.4. The fourth-order valence-electron chi connectivity index (χ4n) is 4.60. The lowest BCUT2D eigenvalue weighted by atomic mass is 9.98. The lowest BCUT2D eigenvalue weighted by Crippen LogP contribution is -2.29. The van der Waals surface area contributed by atoms with Crippen LogP contribution in [0.3, 0.4) is 0 Å². The predicted octanol–water partition coefficient (Wildman–Crippen LogP) is 5.81. The van der Waals surface area contributed by atoms with Gasteiger partial charge in [-0.05, 0) is 48.4 Å². The molecule has 1 unspecified atom stereocenters. The Labute approximate surface area is 225 Å². The zero-order valence-corrected chi connectivity index (χ0v) is 21.7. The first-order chi connectivity index (χ1) is 18.9. The molecule has 2 heterocycles. The molecule has 1 atom stereocenters. The smallest absolute Gasteiger partial charge is 0.300 e. The number of carbonyl (C=O) groups is 2. The number of Topliss-reactive ketones (excluding diaryl/α,β-unsaturated/α-hetero) is 1. The zero-order valence-electron chi connectivity index (χ0n) is 21.7. The molecule has 0 saturated carbocycles. The highest BCUT2D eigenvalue weighted by atomic mass is 16.5. The lowest BCUT2D eigenvalue weighted by molar-refractivity contribution is -0.132. The Hall–Kier alpha value is -4.98. The number of rotatable bonds is 8. The number of ketones is 1. The van der Waals surface area contributed by atoms with Crippen LogP contribution in [0, 0.1) is 6.92 Å². The summed E-state index contributed by atoms with van der Waals surface area (Å²) in [6.07, 6.45) is 1.45. The Morgan fingerprint density at radius 3 is 2.26 bits per heavy atom. The van der Waals surface area contributed by atoms with Gasteiger partial charge >= 0.3 is 0 Å². The van der Waals surface area contributed by atoms with Crippen molar-refractivity contribution in [2.75, 3.05) is 19.1 Å². The molecule has 0 aliphatic carbocycles. The fourth-order valence-corrected chi connectivity index (χ4v) is 4.60. The molecule has 5 rings (SSSR count). The number of aryl methyl sites for hydroxylation is 1. The maximum Gasteiger partial charge on any atom is 0.300 e. The first-order valence-electron chi connectivity index (χ1n) is 12.3. The van der Waals surface area contributed by atoms with Crippen LogP contribution in [0.15, 0.2) is 95.1 Å². The third-order valence-electron chi connectivity index (χ3n) is 6.56. The number of hydrogen-bond donors (Lipinski definition) is 1. The molecule has 8 heteroatoms. The average Bonchev–Trinajstić information content (AvgIpc) is 3.58. The number of nitrogens with zero attached hydrogens (tertiary/aromatic N) is 1. The molecule has 1 N–H and O–H groups in total. The van der Waals surface area contributed by atoms with Crippen LogP contribution >= 0.6 is 0 Å². The largest absolute Gasteiger partial charge is 0.507 e. The van der Waals surface area contributed by atoms with Gasteiger partial charge in [0.25, 0.3) is 11.7 Å². The van der Waals surface area contributed by atoms with E-state index in [0.29, 0.717) is 40.9 Å². The number of anilines is 1. The van der Waals surface area contributed by atoms with Gasteiger partial charge in [0.05, 0.1) is 31.7 Å². The monoisotopic (exact) mass is 525 g/mol. The number of aliphatic hydroxyl groups is 1. The molecule has 1 fully saturated rings. The normalized spacial score (nSPS) is 16.4. The van der Waals surface area contributed by atoms with Crippen molar-refractivity contribution in [1.29, 1.82) is 0 Å². The second-order valence-electron chi connectivity index (χ2n) is 9.01. The molecule has 0 spiro atoms. The van der Waals surface area contributed by atoms with Gasteiger partial charge in [0.1, 0.15) is 41.4 Å². The number of benzene rings is 3. The summed E-state index contributed by atoms with van der Waals surface area (Å²) in [6.45, 7) is 2.24. The lowest BCUT2D eigenvalue weighted by Gasteiger charge is -2.24. The molecular weight excluding hydrogens is 498 g/mol. The first kappa shape index (κ1) is 25.7. The van der Waals surface area contributed by atoms with E-state index in [-0.39, 0.29) is 11.3 Å². The van der Waals surface area contributed by atoms with Crippen molar-refractivity contribution in [2.24, 2.45) is 0 Å². The Bertz CT molecular complexity index is 1520. The van der Waals surface area contributed by atoms with Crippen molar-refractivity contribution in [2.45, 2.75) is 19.6 Å². The van der Waals surface area contributed by atoms with Gasteiger partial charge in [-0.1, -0.05) is 30.3 Å². The number of ether oxygens (including phenoxy) is 3. The number of carbonyl (C=O) groups excluding carboxylic acids is 2. The summed E-state index contributed by atoms with van der Waals surface area (Å²) in [5.74, 6) is -0.133. The van der Waals surface area contributed by atoms with Crippen LogP contribution in [0.1, 0.15) is 28.5 Å². The maximum absolute atomic E-state index is 13.4. The van der Waals surface area contributed by atoms with Crippen LogP contribution in [-0.4, -0.2) is 31.0 Å². The molecule has 1 aromatic heterocycles. The molecule has 1 saturated heterocycles. The SMILES string of the molecule is COc1cc(OC)cc(N2C(=O)C(=O)/C(=C(\O)c3ccc(OCc4ccccc4)c(C)c3)C2c2ccco2)c1. The standard InChI is InChI=1S/C31H27NO7/c1-19-14-21(11-12-25(19)39-18-20-8-5-4-6-9-20)29(33)27-28(26-10-7-13-38-26)32(31(35)30(27)34)22-15-23(36-2)17-24(16-22)37-3/h4-17,28,33H,18H2,1-3H3/b29-27-. The molecule has 4 aromatic rings. The number of hydrogen-bond acceptors (Lipinski definition) is 7. The minimum Gasteiger partial charge on any atom is -0.507 e. The van der Waals surface area contributed by atoms with E-state index in [4.69, 9.17) is 18.6 Å². The van der Waals surface area contributed by atoms with Gasteiger partial charge < -0.3 is 23.7 Å². The summed E-state index contributed by atoms with van der Waals surface area (Å²) in [6, 6.07) is 22.1. The van der Waals surface area contributed by atoms with Crippen molar-refractivity contribution in [1.82, 2.24) is 0 Å². The second-order valence-corrected chi connectivity index (χ2v) is 9.01. The van der Waals surface area contributed by atoms with E-state index in [1.54, 1.807) is 48.5 Å². The summed E-state index contributed by atoms with van der Waals surface area (Å²) in [5.41, 5.74) is 2.42. The molecule has 1 amide bonds. The molecule has 1 aliphatic heterocycles. The highest BCUT2D eigenvalue weighted by Crippen LogP contribution is 2.44. The van der Waals surface area contributed by atoms with E-state index in [9.17, 15) is 14.7 Å². The number of furan rings is 1. The van der Waals surface area contributed by atoms with E-state index >= 15 is 0 Å². The fraction of sp³-hybridized carbons (Fsp3) is 0.161. The van der Waals surface area contributed by atoms with Gasteiger partial charge in [0.15, 0.2) is 0 Å². The Balaban J connectivity index is 1.55. The zero-order chi connectivity index (χ0) is 27.5. The van der Waals surface area contributed by atoms with Crippen LogP contribution < -0.4 is 19.1 Å². The minimum atomic E-state index is -1.01. The van der Waals surface area contributed by atoms with Crippen molar-refractivity contribution in [3.8, 4) is 17.2 Å². The van der Waals surface area contributed by atoms with Crippen molar-refractivity contribution in [3.05, 3.63) is 113 Å². The Morgan fingerprint density at radius 2 is 1.64 bits per heavy atom. The molecule has 3 aromatic carbocycles. The van der Waals surface area contributed by atoms with Crippen molar-refractivity contribution < 1.29 is 33.3 Å². The molecule has 0 radical (unpaired) electrons. The molecule has 39 heavy (non-hydrogen) atoms. The van der Waals surface area contributed by atoms with E-state index in [1.807, 2.05) is 37.3 Å². The highest BCUT2D eigenvalue weighted by molar-refractivity contribution is 6.51. The van der Waals surface area contributed by atoms with Crippen LogP contribution in [0.2, 0.25) is 0 Å². The highest BCUT2D eigenvalue weighted by Gasteiger charge is 2.48. The molecular formula is C31H27NO7. The van der Waals surface area contributed by atoms with Crippen LogP contribution in [0.25, 0.3) is 5.76 Å². The minimum absolute atomic E-state index is 0.0888. The van der Waals surface area contributed by atoms with E-state index < -0.39 is 17.7 Å². The van der Waals surface area contributed by atoms with Gasteiger partial charge in [-0.2, -0.15) is 0 Å². The summed E-state index contributed by atoms with van der Waals surface area (Å²) in [7, 11) is 2.98. The molecule has 8 nitrogen and oxygen atoms in total. The molecule has 1 aliphatic rings. The summed E-state index contributed by atoms with van der Waals surface area (Å²) < 4.78 is 22.3. The third kappa shape index (κ3) is 4.96. The van der Waals surface area contributed by atoms with Crippen molar-refractivity contribution in [3.63, 3.8) is 0 Å². The van der Waals surface area contributed by atoms with Gasteiger partial charge in [0.2, 0.25) is 0 Å². The molecule has 198 valence electrons. The van der Waals surface area contributed by atoms with Crippen LogP contribution in [0.4, 0.5) is 5.69 Å². The van der Waals surface area contributed by atoms with Crippen molar-refractivity contribution >= 4 is 23.1 Å². The van der Waals surface area contributed by atoms with Gasteiger partial charge in [-0.3, -0.25) is 14.5 Å². The number of aliphatic hydroxyl groups excluding tert-OH is 1. The Kier molecular flexibility index (Phi) is 7.10. The van der Waals surface area contributed by atoms with E-state index in [1.165, 1.54) is 25.4 Å². The summed E-state index contributed by atoms with van der Waals surface area (Å²) in [5, 5.41) is 11.4. The van der Waals surface area contributed by atoms with E-state index in [0.717, 1.165) is 11.1 Å². The van der Waals surface area contributed by atoms with Gasteiger partial charge in [0, 0.05) is 23.8 Å². The summed E-state index contributed by atoms with van der Waals surface area (Å²) >= 11 is 0. The summed E-state index contributed by atoms with van der Waals surface area (Å²) in [4.78, 5) is 28.1. The second kappa shape index (κ2) is 10.8.